The van der Waals surface area contributed by atoms with Crippen LogP contribution >= 0.6 is 11.6 Å². The highest BCUT2D eigenvalue weighted by Gasteiger charge is 2.15. The molecule has 0 aliphatic heterocycles. The van der Waals surface area contributed by atoms with Crippen LogP contribution in [0.5, 0.6) is 5.75 Å². The number of rotatable bonds is 4. The Morgan fingerprint density at radius 3 is 2.69 bits per heavy atom. The van der Waals surface area contributed by atoms with Crippen LogP contribution in [0.25, 0.3) is 0 Å². The van der Waals surface area contributed by atoms with Gasteiger partial charge >= 0.3 is 0 Å². The number of nitrogens with zero attached hydrogens (tertiary/aromatic N) is 1. The number of halogens is 1. The monoisotopic (exact) mass is 259 g/mol. The van der Waals surface area contributed by atoms with Crippen molar-refractivity contribution in [2.45, 2.75) is 11.8 Å². The molecule has 0 aliphatic rings. The summed E-state index contributed by atoms with van der Waals surface area (Å²) in [5.74, 6) is -0.128. The molecule has 0 radical (unpaired) electrons. The summed E-state index contributed by atoms with van der Waals surface area (Å²) in [5, 5.41) is 8.61. The molecule has 16 heavy (non-hydrogen) atoms. The van der Waals surface area contributed by atoms with Crippen LogP contribution in [0, 0.1) is 11.3 Å². The second-order valence-corrected chi connectivity index (χ2v) is 5.34. The third kappa shape index (κ3) is 2.87. The van der Waals surface area contributed by atoms with Crippen LogP contribution in [0.1, 0.15) is 6.92 Å². The van der Waals surface area contributed by atoms with Crippen molar-refractivity contribution in [1.82, 2.24) is 0 Å². The fraction of sp³-hybridized carbons (Fsp3) is 0.300. The van der Waals surface area contributed by atoms with Gasteiger partial charge in [-0.05, 0) is 25.1 Å². The van der Waals surface area contributed by atoms with Crippen LogP contribution < -0.4 is 4.74 Å². The summed E-state index contributed by atoms with van der Waals surface area (Å²) >= 11 is 5.84. The van der Waals surface area contributed by atoms with Crippen LogP contribution in [0.3, 0.4) is 0 Å². The Morgan fingerprint density at radius 2 is 2.19 bits per heavy atom. The van der Waals surface area contributed by atoms with E-state index in [9.17, 15) is 8.42 Å². The van der Waals surface area contributed by atoms with Crippen molar-refractivity contribution < 1.29 is 13.2 Å². The number of benzene rings is 1. The van der Waals surface area contributed by atoms with E-state index in [-0.39, 0.29) is 9.92 Å². The fourth-order valence-corrected chi connectivity index (χ4v) is 2.33. The van der Waals surface area contributed by atoms with Gasteiger partial charge in [0.15, 0.2) is 9.84 Å². The average molecular weight is 260 g/mol. The second-order valence-electron chi connectivity index (χ2n) is 2.94. The zero-order chi connectivity index (χ0) is 12.2. The average Bonchev–Trinajstić information content (AvgIpc) is 2.21. The maximum atomic E-state index is 11.5. The quantitative estimate of drug-likeness (QED) is 0.830. The second kappa shape index (κ2) is 5.19. The van der Waals surface area contributed by atoms with Gasteiger partial charge in [-0.25, -0.2) is 8.42 Å². The Kier molecular flexibility index (Phi) is 4.16. The molecule has 1 aromatic rings. The summed E-state index contributed by atoms with van der Waals surface area (Å²) in [7, 11) is -3.57. The summed E-state index contributed by atoms with van der Waals surface area (Å²) in [6.07, 6.45) is 0. The van der Waals surface area contributed by atoms with Crippen molar-refractivity contribution >= 4 is 21.4 Å². The van der Waals surface area contributed by atoms with Crippen LogP contribution in [-0.4, -0.2) is 20.8 Å². The zero-order valence-corrected chi connectivity index (χ0v) is 10.2. The SMILES string of the molecule is CCOc1ccc(S(=O)(=O)CC#N)cc1Cl. The first-order chi connectivity index (χ1) is 7.51. The Labute approximate surface area is 99.3 Å². The van der Waals surface area contributed by atoms with Gasteiger partial charge in [-0.1, -0.05) is 11.6 Å². The van der Waals surface area contributed by atoms with E-state index in [2.05, 4.69) is 0 Å². The molecule has 0 bridgehead atoms. The molecule has 0 aromatic heterocycles. The third-order valence-corrected chi connectivity index (χ3v) is 3.59. The van der Waals surface area contributed by atoms with E-state index in [1.165, 1.54) is 18.2 Å². The van der Waals surface area contributed by atoms with Gasteiger partial charge in [0.2, 0.25) is 0 Å². The molecule has 0 aliphatic carbocycles. The van der Waals surface area contributed by atoms with Gasteiger partial charge in [-0.3, -0.25) is 0 Å². The maximum absolute atomic E-state index is 11.5. The lowest BCUT2D eigenvalue weighted by molar-refractivity contribution is 0.340. The first-order valence-electron chi connectivity index (χ1n) is 4.53. The van der Waals surface area contributed by atoms with Crippen molar-refractivity contribution in [2.75, 3.05) is 12.4 Å². The number of sulfone groups is 1. The molecule has 0 saturated heterocycles. The lowest BCUT2D eigenvalue weighted by Crippen LogP contribution is -2.05. The summed E-state index contributed by atoms with van der Waals surface area (Å²) < 4.78 is 28.2. The van der Waals surface area contributed by atoms with E-state index in [0.717, 1.165) is 0 Å². The molecule has 0 unspecified atom stereocenters. The highest BCUT2D eigenvalue weighted by Crippen LogP contribution is 2.27. The summed E-state index contributed by atoms with van der Waals surface area (Å²) in [5.41, 5.74) is 0. The van der Waals surface area contributed by atoms with Crippen molar-refractivity contribution in [3.63, 3.8) is 0 Å². The highest BCUT2D eigenvalue weighted by molar-refractivity contribution is 7.91. The molecular formula is C10H10ClNO3S. The lowest BCUT2D eigenvalue weighted by atomic mass is 10.3. The molecule has 1 aromatic carbocycles. The standard InChI is InChI=1S/C10H10ClNO3S/c1-2-15-10-4-3-8(7-9(10)11)16(13,14)6-5-12/h3-4,7H,2,6H2,1H3. The predicted octanol–water partition coefficient (Wildman–Crippen LogP) is 2.04. The van der Waals surface area contributed by atoms with Gasteiger partial charge < -0.3 is 4.74 Å². The Hall–Kier alpha value is -1.25. The van der Waals surface area contributed by atoms with Gasteiger partial charge in [-0.2, -0.15) is 5.26 Å². The van der Waals surface area contributed by atoms with E-state index in [1.807, 2.05) is 0 Å². The maximum Gasteiger partial charge on any atom is 0.191 e. The molecule has 6 heteroatoms. The number of nitriles is 1. The Balaban J connectivity index is 3.12. The molecule has 0 atom stereocenters. The molecule has 4 nitrogen and oxygen atoms in total. The van der Waals surface area contributed by atoms with E-state index in [1.54, 1.807) is 13.0 Å². The molecule has 0 N–H and O–H groups in total. The molecule has 0 amide bonds. The van der Waals surface area contributed by atoms with Crippen LogP contribution in [-0.2, 0) is 9.84 Å². The lowest BCUT2D eigenvalue weighted by Gasteiger charge is -2.07. The van der Waals surface area contributed by atoms with Crippen molar-refractivity contribution in [3.05, 3.63) is 23.2 Å². The topological polar surface area (TPSA) is 67.2 Å². The van der Waals surface area contributed by atoms with Gasteiger partial charge in [-0.15, -0.1) is 0 Å². The molecule has 0 saturated carbocycles. The third-order valence-electron chi connectivity index (χ3n) is 1.82. The van der Waals surface area contributed by atoms with Crippen LogP contribution in [0.2, 0.25) is 5.02 Å². The van der Waals surface area contributed by atoms with E-state index in [0.29, 0.717) is 12.4 Å². The predicted molar refractivity (Wildman–Crippen MR) is 60.3 cm³/mol. The van der Waals surface area contributed by atoms with Gasteiger partial charge in [0.1, 0.15) is 11.5 Å². The normalized spacial score (nSPS) is 10.8. The van der Waals surface area contributed by atoms with Gasteiger partial charge in [0, 0.05) is 0 Å². The van der Waals surface area contributed by atoms with E-state index < -0.39 is 15.6 Å². The van der Waals surface area contributed by atoms with Gasteiger partial charge in [0.25, 0.3) is 0 Å². The number of ether oxygens (including phenoxy) is 1. The minimum absolute atomic E-state index is 0.0301. The molecule has 0 spiro atoms. The molecule has 86 valence electrons. The largest absolute Gasteiger partial charge is 0.492 e. The number of hydrogen-bond acceptors (Lipinski definition) is 4. The molecule has 0 heterocycles. The molecule has 1 rings (SSSR count). The summed E-state index contributed by atoms with van der Waals surface area (Å²) in [4.78, 5) is 0.0301. The summed E-state index contributed by atoms with van der Waals surface area (Å²) in [6, 6.07) is 5.76. The summed E-state index contributed by atoms with van der Waals surface area (Å²) in [6.45, 7) is 2.25. The highest BCUT2D eigenvalue weighted by atomic mass is 35.5. The first-order valence-corrected chi connectivity index (χ1v) is 6.56. The van der Waals surface area contributed by atoms with E-state index >= 15 is 0 Å². The van der Waals surface area contributed by atoms with Crippen LogP contribution in [0.15, 0.2) is 23.1 Å². The first kappa shape index (κ1) is 12.8. The molecule has 0 fully saturated rings. The van der Waals surface area contributed by atoms with Crippen molar-refractivity contribution in [2.24, 2.45) is 0 Å². The minimum Gasteiger partial charge on any atom is -0.492 e. The van der Waals surface area contributed by atoms with Crippen molar-refractivity contribution in [1.29, 1.82) is 5.26 Å². The van der Waals surface area contributed by atoms with Crippen molar-refractivity contribution in [3.8, 4) is 11.8 Å². The minimum atomic E-state index is -3.57. The van der Waals surface area contributed by atoms with E-state index in [4.69, 9.17) is 21.6 Å². The van der Waals surface area contributed by atoms with Gasteiger partial charge in [0.05, 0.1) is 22.6 Å². The smallest absolute Gasteiger partial charge is 0.191 e. The Bertz CT molecular complexity index is 519. The Morgan fingerprint density at radius 1 is 1.50 bits per heavy atom. The van der Waals surface area contributed by atoms with Crippen LogP contribution in [0.4, 0.5) is 0 Å². The molecular weight excluding hydrogens is 250 g/mol. The zero-order valence-electron chi connectivity index (χ0n) is 8.60. The fourth-order valence-electron chi connectivity index (χ4n) is 1.12. The number of hydrogen-bond donors (Lipinski definition) is 0.